The van der Waals surface area contributed by atoms with Gasteiger partial charge in [0.15, 0.2) is 5.13 Å². The van der Waals surface area contributed by atoms with E-state index in [2.05, 4.69) is 15.6 Å². The fourth-order valence-electron chi connectivity index (χ4n) is 3.17. The third-order valence-corrected chi connectivity index (χ3v) is 6.24. The van der Waals surface area contributed by atoms with Crippen LogP contribution in [0.15, 0.2) is 58.6 Å². The Labute approximate surface area is 193 Å². The second-order valence-corrected chi connectivity index (χ2v) is 8.59. The highest BCUT2D eigenvalue weighted by molar-refractivity contribution is 7.13. The van der Waals surface area contributed by atoms with Crippen molar-refractivity contribution in [2.24, 2.45) is 0 Å². The zero-order chi connectivity index (χ0) is 23.0. The Morgan fingerprint density at radius 2 is 1.81 bits per heavy atom. The molecule has 0 spiro atoms. The van der Waals surface area contributed by atoms with Gasteiger partial charge in [0.05, 0.1) is 11.4 Å². The Hall–Kier alpha value is -3.49. The molecule has 162 valence electrons. The summed E-state index contributed by atoms with van der Waals surface area (Å²) in [5, 5.41) is 7.77. The summed E-state index contributed by atoms with van der Waals surface area (Å²) in [7, 11) is 0. The lowest BCUT2D eigenvalue weighted by Gasteiger charge is -2.16. The van der Waals surface area contributed by atoms with E-state index in [-0.39, 0.29) is 16.6 Å². The number of amides is 3. The van der Waals surface area contributed by atoms with Gasteiger partial charge in [0.25, 0.3) is 17.7 Å². The number of carbonyl (C=O) groups is 3. The standard InChI is InChI=1S/C23H19ClN4O3S/c1-12-7-8-17(9-13(12)2)28-21(30)18(24)19(22(28)31)26-16-6-4-5-15(10-16)20(29)27-23-25-14(3)11-32-23/h4-11,26H,1-3H3,(H,25,27,29). The highest BCUT2D eigenvalue weighted by Crippen LogP contribution is 2.31. The van der Waals surface area contributed by atoms with Crippen LogP contribution in [-0.4, -0.2) is 22.7 Å². The predicted molar refractivity (Wildman–Crippen MR) is 126 cm³/mol. The third kappa shape index (κ3) is 4.15. The van der Waals surface area contributed by atoms with Crippen LogP contribution in [0.5, 0.6) is 0 Å². The van der Waals surface area contributed by atoms with Crippen LogP contribution >= 0.6 is 22.9 Å². The topological polar surface area (TPSA) is 91.4 Å². The van der Waals surface area contributed by atoms with Crippen LogP contribution in [0.2, 0.25) is 0 Å². The van der Waals surface area contributed by atoms with Gasteiger partial charge < -0.3 is 5.32 Å². The maximum Gasteiger partial charge on any atom is 0.283 e. The van der Waals surface area contributed by atoms with Crippen molar-refractivity contribution in [2.75, 3.05) is 15.5 Å². The van der Waals surface area contributed by atoms with E-state index in [1.54, 1.807) is 36.4 Å². The van der Waals surface area contributed by atoms with Crippen molar-refractivity contribution < 1.29 is 14.4 Å². The van der Waals surface area contributed by atoms with E-state index in [0.717, 1.165) is 21.7 Å². The Kier molecular flexibility index (Phi) is 5.82. The van der Waals surface area contributed by atoms with Crippen molar-refractivity contribution in [1.82, 2.24) is 4.98 Å². The first-order chi connectivity index (χ1) is 15.2. The molecule has 4 rings (SSSR count). The van der Waals surface area contributed by atoms with Gasteiger partial charge in [0.1, 0.15) is 10.7 Å². The number of anilines is 3. The van der Waals surface area contributed by atoms with Gasteiger partial charge in [-0.05, 0) is 62.2 Å². The van der Waals surface area contributed by atoms with Crippen molar-refractivity contribution in [1.29, 1.82) is 0 Å². The summed E-state index contributed by atoms with van der Waals surface area (Å²) in [6.45, 7) is 5.70. The fraction of sp³-hybridized carbons (Fsp3) is 0.130. The van der Waals surface area contributed by atoms with Gasteiger partial charge >= 0.3 is 0 Å². The Morgan fingerprint density at radius 3 is 2.50 bits per heavy atom. The van der Waals surface area contributed by atoms with Crippen molar-refractivity contribution >= 4 is 57.2 Å². The summed E-state index contributed by atoms with van der Waals surface area (Å²) < 4.78 is 0. The van der Waals surface area contributed by atoms with Crippen molar-refractivity contribution in [3.63, 3.8) is 0 Å². The normalized spacial score (nSPS) is 13.7. The van der Waals surface area contributed by atoms with Crippen LogP contribution in [0.1, 0.15) is 27.2 Å². The first-order valence-electron chi connectivity index (χ1n) is 9.71. The van der Waals surface area contributed by atoms with E-state index in [9.17, 15) is 14.4 Å². The average molecular weight is 467 g/mol. The van der Waals surface area contributed by atoms with Crippen LogP contribution in [0.4, 0.5) is 16.5 Å². The van der Waals surface area contributed by atoms with E-state index in [1.807, 2.05) is 32.2 Å². The SMILES string of the molecule is Cc1csc(NC(=O)c2cccc(NC3=C(Cl)C(=O)N(c4ccc(C)c(C)c4)C3=O)c2)n1. The van der Waals surface area contributed by atoms with Crippen molar-refractivity contribution in [3.8, 4) is 0 Å². The Bertz CT molecular complexity index is 1300. The molecule has 3 aromatic rings. The summed E-state index contributed by atoms with van der Waals surface area (Å²) in [5.74, 6) is -1.50. The second-order valence-electron chi connectivity index (χ2n) is 7.36. The molecular weight excluding hydrogens is 448 g/mol. The Morgan fingerprint density at radius 1 is 1.03 bits per heavy atom. The largest absolute Gasteiger partial charge is 0.350 e. The summed E-state index contributed by atoms with van der Waals surface area (Å²) in [4.78, 5) is 43.5. The van der Waals surface area contributed by atoms with Gasteiger partial charge in [0, 0.05) is 16.6 Å². The molecule has 3 amide bonds. The second kappa shape index (κ2) is 8.57. The van der Waals surface area contributed by atoms with Crippen LogP contribution in [0.3, 0.4) is 0 Å². The van der Waals surface area contributed by atoms with Crippen LogP contribution in [-0.2, 0) is 9.59 Å². The monoisotopic (exact) mass is 466 g/mol. The molecule has 2 heterocycles. The smallest absolute Gasteiger partial charge is 0.283 e. The molecule has 0 saturated carbocycles. The first-order valence-corrected chi connectivity index (χ1v) is 11.0. The molecule has 1 aliphatic rings. The number of carbonyl (C=O) groups excluding carboxylic acids is 3. The molecule has 0 aliphatic carbocycles. The zero-order valence-corrected chi connectivity index (χ0v) is 19.1. The molecular formula is C23H19ClN4O3S. The molecule has 0 saturated heterocycles. The number of hydrogen-bond donors (Lipinski definition) is 2. The number of imide groups is 1. The lowest BCUT2D eigenvalue weighted by molar-refractivity contribution is -0.120. The minimum atomic E-state index is -0.601. The van der Waals surface area contributed by atoms with Gasteiger partial charge in [-0.3, -0.25) is 19.7 Å². The van der Waals surface area contributed by atoms with Crippen LogP contribution < -0.4 is 15.5 Å². The summed E-state index contributed by atoms with van der Waals surface area (Å²) >= 11 is 7.55. The number of nitrogens with one attached hydrogen (secondary N) is 2. The minimum absolute atomic E-state index is 0.0389. The summed E-state index contributed by atoms with van der Waals surface area (Å²) in [6, 6.07) is 11.9. The molecule has 2 N–H and O–H groups in total. The Balaban J connectivity index is 1.55. The molecule has 2 aromatic carbocycles. The summed E-state index contributed by atoms with van der Waals surface area (Å²) in [5.41, 5.74) is 4.04. The highest BCUT2D eigenvalue weighted by atomic mass is 35.5. The number of nitrogens with zero attached hydrogens (tertiary/aromatic N) is 2. The molecule has 9 heteroatoms. The molecule has 1 aromatic heterocycles. The minimum Gasteiger partial charge on any atom is -0.350 e. The average Bonchev–Trinajstić information content (AvgIpc) is 3.26. The van der Waals surface area contributed by atoms with E-state index >= 15 is 0 Å². The van der Waals surface area contributed by atoms with E-state index in [1.165, 1.54) is 11.3 Å². The highest BCUT2D eigenvalue weighted by Gasteiger charge is 2.39. The van der Waals surface area contributed by atoms with Crippen molar-refractivity contribution in [2.45, 2.75) is 20.8 Å². The number of benzene rings is 2. The molecule has 0 fully saturated rings. The van der Waals surface area contributed by atoms with Gasteiger partial charge in [-0.1, -0.05) is 23.7 Å². The van der Waals surface area contributed by atoms with E-state index in [4.69, 9.17) is 11.6 Å². The van der Waals surface area contributed by atoms with Crippen LogP contribution in [0, 0.1) is 20.8 Å². The lowest BCUT2D eigenvalue weighted by Crippen LogP contribution is -2.32. The summed E-state index contributed by atoms with van der Waals surface area (Å²) in [6.07, 6.45) is 0. The van der Waals surface area contributed by atoms with E-state index < -0.39 is 11.8 Å². The number of thiazole rings is 1. The van der Waals surface area contributed by atoms with Crippen molar-refractivity contribution in [3.05, 3.63) is 81.0 Å². The number of aromatic nitrogens is 1. The predicted octanol–water partition coefficient (Wildman–Crippen LogP) is 4.76. The molecule has 0 unspecified atom stereocenters. The molecule has 7 nitrogen and oxygen atoms in total. The molecule has 0 radical (unpaired) electrons. The molecule has 32 heavy (non-hydrogen) atoms. The molecule has 1 aliphatic heterocycles. The fourth-order valence-corrected chi connectivity index (χ4v) is 4.07. The quantitative estimate of drug-likeness (QED) is 0.529. The van der Waals surface area contributed by atoms with Gasteiger partial charge in [-0.25, -0.2) is 9.88 Å². The maximum atomic E-state index is 13.0. The van der Waals surface area contributed by atoms with Gasteiger partial charge in [-0.15, -0.1) is 11.3 Å². The third-order valence-electron chi connectivity index (χ3n) is 5.01. The number of aryl methyl sites for hydroxylation is 3. The number of hydrogen-bond acceptors (Lipinski definition) is 6. The van der Waals surface area contributed by atoms with E-state index in [0.29, 0.717) is 22.1 Å². The lowest BCUT2D eigenvalue weighted by atomic mass is 10.1. The van der Waals surface area contributed by atoms with Crippen LogP contribution in [0.25, 0.3) is 0 Å². The first kappa shape index (κ1) is 21.7. The number of rotatable bonds is 5. The molecule has 0 bridgehead atoms. The zero-order valence-electron chi connectivity index (χ0n) is 17.5. The maximum absolute atomic E-state index is 13.0. The number of halogens is 1. The van der Waals surface area contributed by atoms with Gasteiger partial charge in [0.2, 0.25) is 0 Å². The van der Waals surface area contributed by atoms with Gasteiger partial charge in [-0.2, -0.15) is 0 Å². The molecule has 0 atom stereocenters.